The highest BCUT2D eigenvalue weighted by Gasteiger charge is 2.57. The zero-order chi connectivity index (χ0) is 9.04. The zero-order valence-corrected chi connectivity index (χ0v) is 8.41. The van der Waals surface area contributed by atoms with Crippen molar-refractivity contribution < 1.29 is 0 Å². The third-order valence-electron chi connectivity index (χ3n) is 3.92. The quantitative estimate of drug-likeness (QED) is 0.571. The van der Waals surface area contributed by atoms with E-state index in [-0.39, 0.29) is 5.54 Å². The Hall–Kier alpha value is -0.0800. The van der Waals surface area contributed by atoms with Crippen LogP contribution in [0.15, 0.2) is 0 Å². The van der Waals surface area contributed by atoms with E-state index in [1.807, 2.05) is 0 Å². The maximum Gasteiger partial charge on any atom is 0.0299 e. The number of piperidine rings is 1. The van der Waals surface area contributed by atoms with Crippen LogP contribution in [0.1, 0.15) is 40.0 Å². The van der Waals surface area contributed by atoms with Gasteiger partial charge in [0.25, 0.3) is 0 Å². The van der Waals surface area contributed by atoms with Crippen molar-refractivity contribution in [2.24, 2.45) is 11.1 Å². The van der Waals surface area contributed by atoms with Gasteiger partial charge < -0.3 is 11.1 Å². The first-order valence-electron chi connectivity index (χ1n) is 4.91. The molecule has 1 heterocycles. The summed E-state index contributed by atoms with van der Waals surface area (Å²) in [6, 6.07) is 0. The molecule has 12 heavy (non-hydrogen) atoms. The van der Waals surface area contributed by atoms with Gasteiger partial charge in [-0.3, -0.25) is 0 Å². The van der Waals surface area contributed by atoms with Gasteiger partial charge in [-0.15, -0.1) is 0 Å². The summed E-state index contributed by atoms with van der Waals surface area (Å²) in [6.45, 7) is 7.97. The van der Waals surface area contributed by atoms with Crippen molar-refractivity contribution in [3.8, 4) is 0 Å². The van der Waals surface area contributed by atoms with Crippen molar-refractivity contribution in [1.29, 1.82) is 0 Å². The fourth-order valence-corrected chi connectivity index (χ4v) is 2.79. The molecule has 0 aromatic heterocycles. The van der Waals surface area contributed by atoms with Gasteiger partial charge in [0.1, 0.15) is 0 Å². The molecule has 1 aliphatic heterocycles. The Morgan fingerprint density at radius 1 is 1.25 bits per heavy atom. The molecule has 0 aromatic rings. The molecule has 2 atom stereocenters. The van der Waals surface area contributed by atoms with Gasteiger partial charge in [0.05, 0.1) is 0 Å². The van der Waals surface area contributed by atoms with Gasteiger partial charge in [0, 0.05) is 17.6 Å². The van der Waals surface area contributed by atoms with E-state index in [9.17, 15) is 0 Å². The molecule has 2 nitrogen and oxygen atoms in total. The molecular weight excluding hydrogens is 148 g/mol. The van der Waals surface area contributed by atoms with Gasteiger partial charge in [0.15, 0.2) is 0 Å². The SMILES string of the molecule is CC(C)(C)C12CCC(N)(CN1)C2. The van der Waals surface area contributed by atoms with E-state index in [2.05, 4.69) is 26.1 Å². The van der Waals surface area contributed by atoms with Gasteiger partial charge >= 0.3 is 0 Å². The molecule has 3 N–H and O–H groups in total. The molecule has 0 amide bonds. The molecule has 70 valence electrons. The highest BCUT2D eigenvalue weighted by atomic mass is 15.1. The van der Waals surface area contributed by atoms with Gasteiger partial charge in [-0.05, 0) is 24.7 Å². The second-order valence-corrected chi connectivity index (χ2v) is 5.72. The number of hydrogen-bond donors (Lipinski definition) is 2. The average Bonchev–Trinajstić information content (AvgIpc) is 2.40. The maximum absolute atomic E-state index is 6.22. The normalized spacial score (nSPS) is 47.0. The average molecular weight is 168 g/mol. The Balaban J connectivity index is 2.27. The van der Waals surface area contributed by atoms with Crippen molar-refractivity contribution in [3.05, 3.63) is 0 Å². The number of hydrogen-bond acceptors (Lipinski definition) is 2. The maximum atomic E-state index is 6.22. The molecular formula is C10H20N2. The summed E-state index contributed by atoms with van der Waals surface area (Å²) in [5, 5.41) is 3.62. The van der Waals surface area contributed by atoms with E-state index >= 15 is 0 Å². The lowest BCUT2D eigenvalue weighted by Crippen LogP contribution is -2.51. The number of rotatable bonds is 0. The summed E-state index contributed by atoms with van der Waals surface area (Å²) in [4.78, 5) is 0. The highest BCUT2D eigenvalue weighted by molar-refractivity contribution is 5.17. The summed E-state index contributed by atoms with van der Waals surface area (Å²) in [5.41, 5.74) is 7.02. The van der Waals surface area contributed by atoms with Gasteiger partial charge in [-0.2, -0.15) is 0 Å². The van der Waals surface area contributed by atoms with Gasteiger partial charge in [-0.25, -0.2) is 0 Å². The van der Waals surface area contributed by atoms with E-state index < -0.39 is 0 Å². The predicted octanol–water partition coefficient (Wildman–Crippen LogP) is 1.26. The minimum Gasteiger partial charge on any atom is -0.324 e. The first kappa shape index (κ1) is 8.52. The second-order valence-electron chi connectivity index (χ2n) is 5.72. The van der Waals surface area contributed by atoms with E-state index in [1.54, 1.807) is 0 Å². The Kier molecular flexibility index (Phi) is 1.45. The Bertz CT molecular complexity index is 194. The minimum absolute atomic E-state index is 0.118. The van der Waals surface area contributed by atoms with Crippen LogP contribution in [-0.4, -0.2) is 17.6 Å². The van der Waals surface area contributed by atoms with Crippen LogP contribution in [0.3, 0.4) is 0 Å². The van der Waals surface area contributed by atoms with Crippen molar-refractivity contribution in [2.45, 2.75) is 51.1 Å². The third kappa shape index (κ3) is 0.944. The van der Waals surface area contributed by atoms with Crippen molar-refractivity contribution in [1.82, 2.24) is 5.32 Å². The minimum atomic E-state index is 0.118. The van der Waals surface area contributed by atoms with Gasteiger partial charge in [0.2, 0.25) is 0 Å². The molecule has 2 bridgehead atoms. The molecule has 2 aliphatic rings. The molecule has 1 saturated heterocycles. The van der Waals surface area contributed by atoms with Crippen LogP contribution in [-0.2, 0) is 0 Å². The molecule has 2 fully saturated rings. The summed E-state index contributed by atoms with van der Waals surface area (Å²) in [7, 11) is 0. The van der Waals surface area contributed by atoms with E-state index in [0.29, 0.717) is 11.0 Å². The Morgan fingerprint density at radius 2 is 1.92 bits per heavy atom. The Morgan fingerprint density at radius 3 is 2.08 bits per heavy atom. The molecule has 2 heteroatoms. The standard InChI is InChI=1S/C10H20N2/c1-8(2,3)10-5-4-9(11,6-10)7-12-10/h12H,4-7,11H2,1-3H3. The lowest BCUT2D eigenvalue weighted by Gasteiger charge is -2.40. The summed E-state index contributed by atoms with van der Waals surface area (Å²) < 4.78 is 0. The van der Waals surface area contributed by atoms with Crippen molar-refractivity contribution >= 4 is 0 Å². The number of nitrogens with one attached hydrogen (secondary N) is 1. The van der Waals surface area contributed by atoms with Gasteiger partial charge in [-0.1, -0.05) is 20.8 Å². The summed E-state index contributed by atoms with van der Waals surface area (Å²) >= 11 is 0. The molecule has 0 spiro atoms. The van der Waals surface area contributed by atoms with E-state index in [1.165, 1.54) is 19.3 Å². The largest absolute Gasteiger partial charge is 0.324 e. The van der Waals surface area contributed by atoms with E-state index in [4.69, 9.17) is 5.73 Å². The molecule has 2 rings (SSSR count). The van der Waals surface area contributed by atoms with Crippen molar-refractivity contribution in [3.63, 3.8) is 0 Å². The fourth-order valence-electron chi connectivity index (χ4n) is 2.79. The fraction of sp³-hybridized carbons (Fsp3) is 1.00. The van der Waals surface area contributed by atoms with Crippen LogP contribution in [0.2, 0.25) is 0 Å². The van der Waals surface area contributed by atoms with Crippen LogP contribution in [0.4, 0.5) is 0 Å². The van der Waals surface area contributed by atoms with Crippen LogP contribution >= 0.6 is 0 Å². The Labute approximate surface area is 74.9 Å². The number of nitrogens with two attached hydrogens (primary N) is 1. The second kappa shape index (κ2) is 2.05. The smallest absolute Gasteiger partial charge is 0.0299 e. The predicted molar refractivity (Wildman–Crippen MR) is 51.0 cm³/mol. The third-order valence-corrected chi connectivity index (χ3v) is 3.92. The molecule has 1 saturated carbocycles. The topological polar surface area (TPSA) is 38.0 Å². The monoisotopic (exact) mass is 168 g/mol. The molecule has 0 aromatic carbocycles. The summed E-state index contributed by atoms with van der Waals surface area (Å²) in [6.07, 6.45) is 3.63. The van der Waals surface area contributed by atoms with Crippen LogP contribution in [0, 0.1) is 5.41 Å². The van der Waals surface area contributed by atoms with Crippen LogP contribution < -0.4 is 11.1 Å². The lowest BCUT2D eigenvalue weighted by atomic mass is 9.73. The first-order chi connectivity index (χ1) is 5.37. The lowest BCUT2D eigenvalue weighted by molar-refractivity contribution is 0.161. The van der Waals surface area contributed by atoms with Crippen molar-refractivity contribution in [2.75, 3.05) is 6.54 Å². The first-order valence-corrected chi connectivity index (χ1v) is 4.91. The van der Waals surface area contributed by atoms with Crippen LogP contribution in [0.25, 0.3) is 0 Å². The molecule has 1 aliphatic carbocycles. The molecule has 2 unspecified atom stereocenters. The van der Waals surface area contributed by atoms with Crippen LogP contribution in [0.5, 0.6) is 0 Å². The number of fused-ring (bicyclic) bond motifs is 2. The van der Waals surface area contributed by atoms with E-state index in [0.717, 1.165) is 6.54 Å². The molecule has 0 radical (unpaired) electrons. The highest BCUT2D eigenvalue weighted by Crippen LogP contribution is 2.50. The summed E-state index contributed by atoms with van der Waals surface area (Å²) in [5.74, 6) is 0. The zero-order valence-electron chi connectivity index (χ0n) is 8.41.